The fourth-order valence-electron chi connectivity index (χ4n) is 3.31. The van der Waals surface area contributed by atoms with E-state index >= 15 is 0 Å². The van der Waals surface area contributed by atoms with Gasteiger partial charge in [-0.15, -0.1) is 0 Å². The zero-order chi connectivity index (χ0) is 17.1. The molecule has 1 aliphatic heterocycles. The lowest BCUT2D eigenvalue weighted by Crippen LogP contribution is -2.01. The Morgan fingerprint density at radius 3 is 2.92 bits per heavy atom. The van der Waals surface area contributed by atoms with Crippen LogP contribution in [0.4, 0.5) is 10.4 Å². The fraction of sp³-hybridized carbons (Fsp3) is 0.176. The number of halogens is 1. The number of imidazole rings is 1. The Labute approximate surface area is 140 Å². The highest BCUT2D eigenvalue weighted by Gasteiger charge is 2.21. The zero-order valence-corrected chi connectivity index (χ0v) is 13.0. The van der Waals surface area contributed by atoms with Crippen LogP contribution in [-0.4, -0.2) is 26.2 Å². The highest BCUT2D eigenvalue weighted by atomic mass is 19.1. The van der Waals surface area contributed by atoms with Crippen molar-refractivity contribution in [2.75, 3.05) is 12.3 Å². The number of nitrogens with zero attached hydrogens (tertiary/aromatic N) is 3. The van der Waals surface area contributed by atoms with Gasteiger partial charge in [-0.2, -0.15) is 4.98 Å². The molecule has 3 heterocycles. The van der Waals surface area contributed by atoms with Gasteiger partial charge < -0.3 is 24.6 Å². The second-order valence-electron chi connectivity index (χ2n) is 5.96. The molecule has 2 aromatic carbocycles. The number of benzene rings is 2. The number of rotatable bonds is 1. The summed E-state index contributed by atoms with van der Waals surface area (Å²) in [5.41, 5.74) is 7.81. The quantitative estimate of drug-likeness (QED) is 0.552. The average molecular weight is 340 g/mol. The molecule has 1 aliphatic rings. The lowest BCUT2D eigenvalue weighted by atomic mass is 10.2. The molecular formula is C17H13FN4O3. The van der Waals surface area contributed by atoms with Crippen molar-refractivity contribution < 1.29 is 18.7 Å². The Bertz CT molecular complexity index is 1150. The van der Waals surface area contributed by atoms with Crippen molar-refractivity contribution in [1.29, 1.82) is 0 Å². The second-order valence-corrected chi connectivity index (χ2v) is 5.96. The number of aryl methyl sites for hydroxylation is 1. The molecular weight excluding hydrogens is 327 g/mol. The molecule has 0 aliphatic carbocycles. The van der Waals surface area contributed by atoms with Gasteiger partial charge >= 0.3 is 0 Å². The molecule has 0 spiro atoms. The molecule has 3 N–H and O–H groups in total. The summed E-state index contributed by atoms with van der Waals surface area (Å²) in [5, 5.41) is 9.89. The van der Waals surface area contributed by atoms with Crippen LogP contribution in [0, 0.1) is 5.82 Å². The maximum atomic E-state index is 14.4. The van der Waals surface area contributed by atoms with E-state index in [0.717, 1.165) is 11.9 Å². The van der Waals surface area contributed by atoms with Crippen molar-refractivity contribution in [2.45, 2.75) is 13.0 Å². The van der Waals surface area contributed by atoms with Gasteiger partial charge in [0.25, 0.3) is 6.01 Å². The number of oxazole rings is 1. The van der Waals surface area contributed by atoms with E-state index < -0.39 is 5.82 Å². The monoisotopic (exact) mass is 340 g/mol. The van der Waals surface area contributed by atoms with Crippen molar-refractivity contribution in [3.05, 3.63) is 30.1 Å². The van der Waals surface area contributed by atoms with Crippen molar-refractivity contribution in [1.82, 2.24) is 14.5 Å². The van der Waals surface area contributed by atoms with Gasteiger partial charge in [-0.25, -0.2) is 9.37 Å². The molecule has 7 nitrogen and oxygen atoms in total. The SMILES string of the molecule is Nc1nc2cc(-c3nc4cc(O)cc5c4n3CCCO5)cc(F)c2o1. The van der Waals surface area contributed by atoms with E-state index in [2.05, 4.69) is 9.97 Å². The first-order valence-electron chi connectivity index (χ1n) is 7.82. The Kier molecular flexibility index (Phi) is 2.74. The molecule has 8 heteroatoms. The van der Waals surface area contributed by atoms with Gasteiger partial charge in [0, 0.05) is 24.2 Å². The Balaban J connectivity index is 1.82. The van der Waals surface area contributed by atoms with E-state index in [1.54, 1.807) is 18.2 Å². The van der Waals surface area contributed by atoms with Gasteiger partial charge in [-0.05, 0) is 18.6 Å². The highest BCUT2D eigenvalue weighted by Crippen LogP contribution is 2.37. The standard InChI is InChI=1S/C17H13FN4O3/c18-10-4-8(5-12-15(10)25-17(19)21-12)16-20-11-6-9(23)7-13-14(11)22(16)2-1-3-24-13/h4-7,23H,1-3H2,(H2,19,21). The van der Waals surface area contributed by atoms with Crippen molar-refractivity contribution >= 4 is 28.1 Å². The lowest BCUT2D eigenvalue weighted by molar-refractivity contribution is 0.314. The van der Waals surface area contributed by atoms with Crippen LogP contribution in [-0.2, 0) is 6.54 Å². The van der Waals surface area contributed by atoms with E-state index in [1.165, 1.54) is 6.07 Å². The van der Waals surface area contributed by atoms with Gasteiger partial charge in [-0.1, -0.05) is 0 Å². The molecule has 5 rings (SSSR count). The first kappa shape index (κ1) is 14.1. The number of fused-ring (bicyclic) bond motifs is 1. The maximum Gasteiger partial charge on any atom is 0.293 e. The number of anilines is 1. The Morgan fingerprint density at radius 1 is 1.16 bits per heavy atom. The van der Waals surface area contributed by atoms with Gasteiger partial charge in [0.1, 0.15) is 28.4 Å². The van der Waals surface area contributed by atoms with Gasteiger partial charge in [-0.3, -0.25) is 0 Å². The van der Waals surface area contributed by atoms with Crippen LogP contribution in [0.1, 0.15) is 6.42 Å². The summed E-state index contributed by atoms with van der Waals surface area (Å²) in [7, 11) is 0. The highest BCUT2D eigenvalue weighted by molar-refractivity contribution is 5.89. The molecule has 2 aromatic heterocycles. The topological polar surface area (TPSA) is 99.3 Å². The number of aromatic hydroxyl groups is 1. The van der Waals surface area contributed by atoms with Crippen LogP contribution in [0.25, 0.3) is 33.5 Å². The van der Waals surface area contributed by atoms with Gasteiger partial charge in [0.15, 0.2) is 11.4 Å². The third-order valence-electron chi connectivity index (χ3n) is 4.29. The zero-order valence-electron chi connectivity index (χ0n) is 13.0. The van der Waals surface area contributed by atoms with Crippen molar-refractivity contribution in [3.8, 4) is 22.9 Å². The predicted octanol–water partition coefficient (Wildman–Crippen LogP) is 3.05. The van der Waals surface area contributed by atoms with Crippen molar-refractivity contribution in [3.63, 3.8) is 0 Å². The molecule has 0 saturated heterocycles. The number of aromatic nitrogens is 3. The minimum Gasteiger partial charge on any atom is -0.508 e. The van der Waals surface area contributed by atoms with Gasteiger partial charge in [0.2, 0.25) is 0 Å². The molecule has 0 fully saturated rings. The van der Waals surface area contributed by atoms with E-state index in [0.29, 0.717) is 41.3 Å². The van der Waals surface area contributed by atoms with E-state index in [4.69, 9.17) is 14.9 Å². The van der Waals surface area contributed by atoms with Crippen LogP contribution in [0.2, 0.25) is 0 Å². The number of phenols is 1. The molecule has 0 atom stereocenters. The molecule has 126 valence electrons. The van der Waals surface area contributed by atoms with E-state index in [9.17, 15) is 9.50 Å². The maximum absolute atomic E-state index is 14.4. The molecule has 0 bridgehead atoms. The first-order chi connectivity index (χ1) is 12.1. The number of nitrogens with two attached hydrogens (primary N) is 1. The summed E-state index contributed by atoms with van der Waals surface area (Å²) in [6.45, 7) is 1.21. The minimum atomic E-state index is -0.551. The normalized spacial score (nSPS) is 14.0. The second kappa shape index (κ2) is 4.85. The van der Waals surface area contributed by atoms with Crippen LogP contribution >= 0.6 is 0 Å². The van der Waals surface area contributed by atoms with E-state index in [-0.39, 0.29) is 17.3 Å². The molecule has 0 amide bonds. The number of phenolic OH excluding ortho intramolecular Hbond substituents is 1. The van der Waals surface area contributed by atoms with Crippen LogP contribution in [0.5, 0.6) is 11.5 Å². The van der Waals surface area contributed by atoms with E-state index in [1.807, 2.05) is 4.57 Å². The third kappa shape index (κ3) is 2.03. The number of hydrogen-bond acceptors (Lipinski definition) is 6. The van der Waals surface area contributed by atoms with Gasteiger partial charge in [0.05, 0.1) is 12.1 Å². The Hall–Kier alpha value is -3.29. The fourth-order valence-corrected chi connectivity index (χ4v) is 3.31. The van der Waals surface area contributed by atoms with Crippen LogP contribution < -0.4 is 10.5 Å². The average Bonchev–Trinajstić information content (AvgIpc) is 3.03. The summed E-state index contributed by atoms with van der Waals surface area (Å²) in [6.07, 6.45) is 0.773. The molecule has 25 heavy (non-hydrogen) atoms. The largest absolute Gasteiger partial charge is 0.508 e. The summed E-state index contributed by atoms with van der Waals surface area (Å²) in [6, 6.07) is 6.09. The third-order valence-corrected chi connectivity index (χ3v) is 4.29. The number of ether oxygens (including phenoxy) is 1. The molecule has 4 aromatic rings. The van der Waals surface area contributed by atoms with Crippen molar-refractivity contribution in [2.24, 2.45) is 0 Å². The predicted molar refractivity (Wildman–Crippen MR) is 88.9 cm³/mol. The smallest absolute Gasteiger partial charge is 0.293 e. The summed E-state index contributed by atoms with van der Waals surface area (Å²) in [5.74, 6) is 0.671. The summed E-state index contributed by atoms with van der Waals surface area (Å²) in [4.78, 5) is 8.58. The molecule has 0 unspecified atom stereocenters. The Morgan fingerprint density at radius 2 is 2.04 bits per heavy atom. The summed E-state index contributed by atoms with van der Waals surface area (Å²) >= 11 is 0. The lowest BCUT2D eigenvalue weighted by Gasteiger charge is -2.07. The number of hydrogen-bond donors (Lipinski definition) is 2. The number of nitrogen functional groups attached to an aromatic ring is 1. The van der Waals surface area contributed by atoms with Crippen LogP contribution in [0.15, 0.2) is 28.7 Å². The molecule has 0 saturated carbocycles. The molecule has 0 radical (unpaired) electrons. The minimum absolute atomic E-state index is 0.0231. The van der Waals surface area contributed by atoms with Crippen LogP contribution in [0.3, 0.4) is 0 Å². The first-order valence-corrected chi connectivity index (χ1v) is 7.82. The summed E-state index contributed by atoms with van der Waals surface area (Å²) < 4.78 is 27.1.